The molecular formula is C9H18N2O5S. The van der Waals surface area contributed by atoms with Crippen molar-refractivity contribution in [1.29, 1.82) is 0 Å². The first kappa shape index (κ1) is 16.2. The summed E-state index contributed by atoms with van der Waals surface area (Å²) >= 11 is 3.90. The van der Waals surface area contributed by atoms with Crippen LogP contribution in [-0.4, -0.2) is 64.3 Å². The maximum Gasteiger partial charge on any atom is 0.244 e. The predicted molar refractivity (Wildman–Crippen MR) is 63.6 cm³/mol. The van der Waals surface area contributed by atoms with E-state index in [2.05, 4.69) is 23.3 Å². The van der Waals surface area contributed by atoms with Gasteiger partial charge in [-0.05, 0) is 0 Å². The lowest BCUT2D eigenvalue weighted by atomic mass is 10.0. The summed E-state index contributed by atoms with van der Waals surface area (Å²) in [5.74, 6) is -0.974. The van der Waals surface area contributed by atoms with Gasteiger partial charge in [-0.2, -0.15) is 12.6 Å². The standard InChI is InChI=1S/C9H18N2O5S/c1-6(15)10-7(2-17)8(16)11-9(3-12,4-13)5-14/h7,12-14,17H,2-5H2,1H3,(H,10,15)(H,11,16). The fourth-order valence-electron chi connectivity index (χ4n) is 1.06. The molecule has 0 fully saturated rings. The normalized spacial score (nSPS) is 13.0. The van der Waals surface area contributed by atoms with Crippen LogP contribution in [0.15, 0.2) is 0 Å². The second-order valence-corrected chi connectivity index (χ2v) is 4.04. The first-order valence-corrected chi connectivity index (χ1v) is 5.60. The largest absolute Gasteiger partial charge is 0.394 e. The summed E-state index contributed by atoms with van der Waals surface area (Å²) in [6, 6.07) is -0.889. The molecular weight excluding hydrogens is 248 g/mol. The Bertz CT molecular complexity index is 262. The van der Waals surface area contributed by atoms with Gasteiger partial charge in [0, 0.05) is 12.7 Å². The van der Waals surface area contributed by atoms with Crippen molar-refractivity contribution >= 4 is 24.4 Å². The van der Waals surface area contributed by atoms with Crippen LogP contribution < -0.4 is 10.6 Å². The van der Waals surface area contributed by atoms with E-state index in [4.69, 9.17) is 15.3 Å². The summed E-state index contributed by atoms with van der Waals surface area (Å²) in [5.41, 5.74) is -1.50. The van der Waals surface area contributed by atoms with Gasteiger partial charge in [0.05, 0.1) is 19.8 Å². The fraction of sp³-hybridized carbons (Fsp3) is 0.778. The molecule has 5 N–H and O–H groups in total. The Hall–Kier alpha value is -0.830. The second kappa shape index (κ2) is 7.49. The van der Waals surface area contributed by atoms with Crippen molar-refractivity contribution in [1.82, 2.24) is 10.6 Å². The molecule has 0 radical (unpaired) electrons. The molecule has 17 heavy (non-hydrogen) atoms. The third kappa shape index (κ3) is 4.90. The first-order chi connectivity index (χ1) is 7.94. The molecule has 0 aromatic carbocycles. The van der Waals surface area contributed by atoms with Gasteiger partial charge in [0.15, 0.2) is 0 Å². The highest BCUT2D eigenvalue weighted by molar-refractivity contribution is 7.80. The topological polar surface area (TPSA) is 119 Å². The van der Waals surface area contributed by atoms with Crippen LogP contribution in [0.1, 0.15) is 6.92 Å². The maximum absolute atomic E-state index is 11.7. The zero-order chi connectivity index (χ0) is 13.5. The third-order valence-electron chi connectivity index (χ3n) is 2.17. The van der Waals surface area contributed by atoms with Gasteiger partial charge in [0.2, 0.25) is 11.8 Å². The molecule has 0 aliphatic heterocycles. The smallest absolute Gasteiger partial charge is 0.244 e. The van der Waals surface area contributed by atoms with Crippen LogP contribution >= 0.6 is 12.6 Å². The minimum Gasteiger partial charge on any atom is -0.394 e. The molecule has 8 heteroatoms. The molecule has 1 atom stereocenters. The summed E-state index contributed by atoms with van der Waals surface area (Å²) in [4.78, 5) is 22.5. The highest BCUT2D eigenvalue weighted by Gasteiger charge is 2.32. The Kier molecular flexibility index (Phi) is 7.12. The number of nitrogens with one attached hydrogen (secondary N) is 2. The van der Waals surface area contributed by atoms with Gasteiger partial charge in [0.1, 0.15) is 11.6 Å². The lowest BCUT2D eigenvalue weighted by Crippen LogP contribution is -2.61. The van der Waals surface area contributed by atoms with E-state index in [0.29, 0.717) is 0 Å². The van der Waals surface area contributed by atoms with Crippen LogP contribution in [0.25, 0.3) is 0 Å². The minimum absolute atomic E-state index is 0.0593. The van der Waals surface area contributed by atoms with E-state index in [1.165, 1.54) is 6.92 Å². The van der Waals surface area contributed by atoms with Crippen molar-refractivity contribution in [3.63, 3.8) is 0 Å². The molecule has 7 nitrogen and oxygen atoms in total. The second-order valence-electron chi connectivity index (χ2n) is 3.68. The highest BCUT2D eigenvalue weighted by Crippen LogP contribution is 2.03. The quantitative estimate of drug-likeness (QED) is 0.279. The van der Waals surface area contributed by atoms with Crippen molar-refractivity contribution in [3.05, 3.63) is 0 Å². The van der Waals surface area contributed by atoms with Gasteiger partial charge in [-0.25, -0.2) is 0 Å². The molecule has 0 rings (SSSR count). The summed E-state index contributed by atoms with van der Waals surface area (Å²) in [5, 5.41) is 31.7. The van der Waals surface area contributed by atoms with Gasteiger partial charge < -0.3 is 26.0 Å². The van der Waals surface area contributed by atoms with E-state index in [9.17, 15) is 9.59 Å². The van der Waals surface area contributed by atoms with Gasteiger partial charge >= 0.3 is 0 Å². The molecule has 2 amide bonds. The van der Waals surface area contributed by atoms with E-state index in [1.807, 2.05) is 0 Å². The van der Waals surface area contributed by atoms with Gasteiger partial charge in [-0.15, -0.1) is 0 Å². The monoisotopic (exact) mass is 266 g/mol. The molecule has 0 spiro atoms. The third-order valence-corrected chi connectivity index (χ3v) is 2.54. The van der Waals surface area contributed by atoms with Gasteiger partial charge in [0.25, 0.3) is 0 Å². The lowest BCUT2D eigenvalue weighted by Gasteiger charge is -2.30. The number of hydrogen-bond donors (Lipinski definition) is 6. The minimum atomic E-state index is -1.50. The maximum atomic E-state index is 11.7. The van der Waals surface area contributed by atoms with Gasteiger partial charge in [-0.1, -0.05) is 0 Å². The van der Waals surface area contributed by atoms with Crippen LogP contribution in [-0.2, 0) is 9.59 Å². The SMILES string of the molecule is CC(=O)NC(CS)C(=O)NC(CO)(CO)CO. The molecule has 0 aliphatic carbocycles. The summed E-state index contributed by atoms with van der Waals surface area (Å²) in [6.45, 7) is -0.609. The number of hydrogen-bond acceptors (Lipinski definition) is 6. The molecule has 100 valence electrons. The van der Waals surface area contributed by atoms with Crippen LogP contribution in [0.3, 0.4) is 0 Å². The van der Waals surface area contributed by atoms with Crippen molar-refractivity contribution < 1.29 is 24.9 Å². The zero-order valence-electron chi connectivity index (χ0n) is 9.51. The van der Waals surface area contributed by atoms with E-state index in [-0.39, 0.29) is 5.75 Å². The summed E-state index contributed by atoms with van der Waals surface area (Å²) in [6.07, 6.45) is 0. The molecule has 1 unspecified atom stereocenters. The molecule has 0 aromatic rings. The Morgan fingerprint density at radius 3 is 2.00 bits per heavy atom. The van der Waals surface area contributed by atoms with E-state index >= 15 is 0 Å². The molecule has 0 saturated heterocycles. The number of amides is 2. The average molecular weight is 266 g/mol. The zero-order valence-corrected chi connectivity index (χ0v) is 10.4. The lowest BCUT2D eigenvalue weighted by molar-refractivity contribution is -0.130. The fourth-order valence-corrected chi connectivity index (χ4v) is 1.31. The van der Waals surface area contributed by atoms with E-state index in [1.54, 1.807) is 0 Å². The van der Waals surface area contributed by atoms with Crippen LogP contribution in [0.2, 0.25) is 0 Å². The molecule has 0 bridgehead atoms. The Labute approximate surface area is 105 Å². The number of carbonyl (C=O) groups is 2. The van der Waals surface area contributed by atoms with E-state index in [0.717, 1.165) is 0 Å². The van der Waals surface area contributed by atoms with Crippen molar-refractivity contribution in [2.45, 2.75) is 18.5 Å². The van der Waals surface area contributed by atoms with Crippen molar-refractivity contribution in [3.8, 4) is 0 Å². The van der Waals surface area contributed by atoms with Crippen LogP contribution in [0, 0.1) is 0 Å². The number of rotatable bonds is 7. The Balaban J connectivity index is 4.62. The number of thiol groups is 1. The molecule has 0 heterocycles. The van der Waals surface area contributed by atoms with E-state index < -0.39 is 43.2 Å². The Morgan fingerprint density at radius 2 is 1.71 bits per heavy atom. The number of aliphatic hydroxyl groups excluding tert-OH is 3. The molecule has 0 saturated carbocycles. The average Bonchev–Trinajstić information content (AvgIpc) is 2.32. The first-order valence-electron chi connectivity index (χ1n) is 4.97. The van der Waals surface area contributed by atoms with Crippen molar-refractivity contribution in [2.24, 2.45) is 0 Å². The van der Waals surface area contributed by atoms with Crippen molar-refractivity contribution in [2.75, 3.05) is 25.6 Å². The van der Waals surface area contributed by atoms with Crippen LogP contribution in [0.5, 0.6) is 0 Å². The van der Waals surface area contributed by atoms with Crippen LogP contribution in [0.4, 0.5) is 0 Å². The Morgan fingerprint density at radius 1 is 1.24 bits per heavy atom. The predicted octanol–water partition coefficient (Wildman–Crippen LogP) is -2.75. The molecule has 0 aromatic heterocycles. The number of carbonyl (C=O) groups excluding carboxylic acids is 2. The van der Waals surface area contributed by atoms with Gasteiger partial charge in [-0.3, -0.25) is 9.59 Å². The summed E-state index contributed by atoms with van der Waals surface area (Å²) < 4.78 is 0. The number of aliphatic hydroxyl groups is 3. The summed E-state index contributed by atoms with van der Waals surface area (Å²) in [7, 11) is 0. The molecule has 0 aliphatic rings. The highest BCUT2D eigenvalue weighted by atomic mass is 32.1.